The Morgan fingerprint density at radius 2 is 1.76 bits per heavy atom. The van der Waals surface area contributed by atoms with Gasteiger partial charge in [-0.1, -0.05) is 32.1 Å². The monoisotopic (exact) mass is 309 g/mol. The molecule has 21 heavy (non-hydrogen) atoms. The van der Waals surface area contributed by atoms with Crippen molar-refractivity contribution in [3.05, 3.63) is 29.8 Å². The van der Waals surface area contributed by atoms with E-state index in [4.69, 9.17) is 0 Å². The van der Waals surface area contributed by atoms with Crippen LogP contribution < -0.4 is 4.72 Å². The van der Waals surface area contributed by atoms with E-state index in [-0.39, 0.29) is 5.78 Å². The topological polar surface area (TPSA) is 63.2 Å². The van der Waals surface area contributed by atoms with Crippen LogP contribution in [0.25, 0.3) is 0 Å². The third-order valence-corrected chi connectivity index (χ3v) is 4.62. The number of sulfonamides is 1. The van der Waals surface area contributed by atoms with Gasteiger partial charge in [0, 0.05) is 17.7 Å². The van der Waals surface area contributed by atoms with Gasteiger partial charge >= 0.3 is 0 Å². The molecule has 1 saturated carbocycles. The summed E-state index contributed by atoms with van der Waals surface area (Å²) in [6, 6.07) is 6.65. The van der Waals surface area contributed by atoms with E-state index in [0.717, 1.165) is 12.7 Å². The maximum Gasteiger partial charge on any atom is 0.229 e. The average Bonchev–Trinajstić information content (AvgIpc) is 2.45. The maximum absolute atomic E-state index is 12.1. The van der Waals surface area contributed by atoms with Crippen LogP contribution in [0, 0.1) is 5.92 Å². The summed E-state index contributed by atoms with van der Waals surface area (Å²) < 4.78 is 24.6. The van der Waals surface area contributed by atoms with Crippen LogP contribution in [-0.4, -0.2) is 20.5 Å². The van der Waals surface area contributed by atoms with Crippen LogP contribution in [0.15, 0.2) is 24.3 Å². The van der Waals surface area contributed by atoms with E-state index in [1.807, 2.05) is 0 Å². The zero-order valence-corrected chi connectivity index (χ0v) is 13.3. The molecule has 116 valence electrons. The van der Waals surface area contributed by atoms with Gasteiger partial charge in [0.05, 0.1) is 6.26 Å². The molecule has 1 fully saturated rings. The number of benzene rings is 1. The summed E-state index contributed by atoms with van der Waals surface area (Å²) in [4.78, 5) is 12.1. The standard InChI is InChI=1S/C16H23NO3S/c1-21(19,20)17-15-10-8-14(9-11-15)16(18)12-7-13-5-3-2-4-6-13/h8-11,13,17H,2-7,12H2,1H3. The summed E-state index contributed by atoms with van der Waals surface area (Å²) in [5.74, 6) is 0.848. The van der Waals surface area contributed by atoms with Gasteiger partial charge in [-0.15, -0.1) is 0 Å². The van der Waals surface area contributed by atoms with E-state index >= 15 is 0 Å². The minimum atomic E-state index is -3.27. The van der Waals surface area contributed by atoms with E-state index in [1.54, 1.807) is 24.3 Å². The fourth-order valence-electron chi connectivity index (χ4n) is 2.89. The van der Waals surface area contributed by atoms with E-state index in [0.29, 0.717) is 23.6 Å². The molecule has 4 nitrogen and oxygen atoms in total. The molecule has 0 aliphatic heterocycles. The number of hydrogen-bond donors (Lipinski definition) is 1. The lowest BCUT2D eigenvalue weighted by Crippen LogP contribution is -2.10. The molecule has 0 amide bonds. The van der Waals surface area contributed by atoms with Gasteiger partial charge in [-0.05, 0) is 36.6 Å². The average molecular weight is 309 g/mol. The number of carbonyl (C=O) groups excluding carboxylic acids is 1. The highest BCUT2D eigenvalue weighted by molar-refractivity contribution is 7.92. The van der Waals surface area contributed by atoms with Crippen LogP contribution in [0.2, 0.25) is 0 Å². The number of ketones is 1. The normalized spacial score (nSPS) is 16.6. The van der Waals surface area contributed by atoms with Crippen molar-refractivity contribution in [2.45, 2.75) is 44.9 Å². The molecule has 1 aliphatic rings. The molecule has 2 rings (SSSR count). The second-order valence-corrected chi connectivity index (χ2v) is 7.67. The first kappa shape index (κ1) is 16.0. The quantitative estimate of drug-likeness (QED) is 0.817. The van der Waals surface area contributed by atoms with Crippen molar-refractivity contribution in [1.29, 1.82) is 0 Å². The Hall–Kier alpha value is -1.36. The second kappa shape index (κ2) is 7.07. The highest BCUT2D eigenvalue weighted by atomic mass is 32.2. The predicted molar refractivity (Wildman–Crippen MR) is 85.0 cm³/mol. The van der Waals surface area contributed by atoms with Crippen LogP contribution in [-0.2, 0) is 10.0 Å². The first-order chi connectivity index (χ1) is 9.94. The fraction of sp³-hybridized carbons (Fsp3) is 0.562. The summed E-state index contributed by atoms with van der Waals surface area (Å²) >= 11 is 0. The van der Waals surface area contributed by atoms with Gasteiger partial charge in [0.2, 0.25) is 10.0 Å². The van der Waals surface area contributed by atoms with Crippen molar-refractivity contribution >= 4 is 21.5 Å². The van der Waals surface area contributed by atoms with E-state index in [9.17, 15) is 13.2 Å². The van der Waals surface area contributed by atoms with Crippen molar-refractivity contribution in [2.24, 2.45) is 5.92 Å². The molecule has 5 heteroatoms. The first-order valence-electron chi connectivity index (χ1n) is 7.55. The molecular weight excluding hydrogens is 286 g/mol. The third kappa shape index (κ3) is 5.50. The molecule has 0 heterocycles. The van der Waals surface area contributed by atoms with Crippen molar-refractivity contribution in [3.8, 4) is 0 Å². The summed E-state index contributed by atoms with van der Waals surface area (Å²) in [6.07, 6.45) is 9.10. The zero-order chi connectivity index (χ0) is 15.3. The predicted octanol–water partition coefficient (Wildman–Crippen LogP) is 3.60. The summed E-state index contributed by atoms with van der Waals surface area (Å²) in [5.41, 5.74) is 1.14. The molecule has 1 aliphatic carbocycles. The van der Waals surface area contributed by atoms with E-state index < -0.39 is 10.0 Å². The van der Waals surface area contributed by atoms with Gasteiger partial charge in [-0.25, -0.2) is 8.42 Å². The van der Waals surface area contributed by atoms with Crippen LogP contribution in [0.1, 0.15) is 55.3 Å². The number of anilines is 1. The lowest BCUT2D eigenvalue weighted by atomic mass is 9.85. The lowest BCUT2D eigenvalue weighted by Gasteiger charge is -2.20. The fourth-order valence-corrected chi connectivity index (χ4v) is 3.46. The highest BCUT2D eigenvalue weighted by Crippen LogP contribution is 2.27. The van der Waals surface area contributed by atoms with Crippen LogP contribution >= 0.6 is 0 Å². The van der Waals surface area contributed by atoms with E-state index in [1.165, 1.54) is 32.1 Å². The van der Waals surface area contributed by atoms with Crippen molar-refractivity contribution in [1.82, 2.24) is 0 Å². The van der Waals surface area contributed by atoms with Crippen molar-refractivity contribution in [2.75, 3.05) is 11.0 Å². The van der Waals surface area contributed by atoms with Gasteiger partial charge in [0.15, 0.2) is 5.78 Å². The highest BCUT2D eigenvalue weighted by Gasteiger charge is 2.15. The molecule has 0 bridgehead atoms. The molecule has 0 radical (unpaired) electrons. The molecule has 0 unspecified atom stereocenters. The number of Topliss-reactive ketones (excluding diaryl/α,β-unsaturated/α-hetero) is 1. The van der Waals surface area contributed by atoms with Gasteiger partial charge in [-0.2, -0.15) is 0 Å². The molecule has 0 aromatic heterocycles. The zero-order valence-electron chi connectivity index (χ0n) is 12.5. The number of carbonyl (C=O) groups is 1. The van der Waals surface area contributed by atoms with Crippen molar-refractivity contribution in [3.63, 3.8) is 0 Å². The Morgan fingerprint density at radius 3 is 2.33 bits per heavy atom. The summed E-state index contributed by atoms with van der Waals surface area (Å²) in [6.45, 7) is 0. The van der Waals surface area contributed by atoms with Crippen LogP contribution in [0.5, 0.6) is 0 Å². The maximum atomic E-state index is 12.1. The molecule has 0 saturated heterocycles. The van der Waals surface area contributed by atoms with Gasteiger partial charge in [0.1, 0.15) is 0 Å². The lowest BCUT2D eigenvalue weighted by molar-refractivity contribution is 0.0970. The van der Waals surface area contributed by atoms with Gasteiger partial charge in [-0.3, -0.25) is 9.52 Å². The summed E-state index contributed by atoms with van der Waals surface area (Å²) in [5, 5.41) is 0. The largest absolute Gasteiger partial charge is 0.294 e. The Balaban J connectivity index is 1.87. The number of hydrogen-bond acceptors (Lipinski definition) is 3. The Labute approximate surface area is 127 Å². The SMILES string of the molecule is CS(=O)(=O)Nc1ccc(C(=O)CCC2CCCCC2)cc1. The first-order valence-corrected chi connectivity index (χ1v) is 9.44. The molecule has 1 N–H and O–H groups in total. The van der Waals surface area contributed by atoms with Crippen LogP contribution in [0.3, 0.4) is 0 Å². The van der Waals surface area contributed by atoms with Gasteiger partial charge in [0.25, 0.3) is 0 Å². The Bertz CT molecular complexity index is 572. The Kier molecular flexibility index (Phi) is 5.39. The molecule has 1 aromatic carbocycles. The molecule has 1 aromatic rings. The molecule has 0 atom stereocenters. The van der Waals surface area contributed by atoms with Gasteiger partial charge < -0.3 is 0 Å². The summed E-state index contributed by atoms with van der Waals surface area (Å²) in [7, 11) is -3.27. The van der Waals surface area contributed by atoms with E-state index in [2.05, 4.69) is 4.72 Å². The third-order valence-electron chi connectivity index (χ3n) is 4.01. The number of rotatable bonds is 6. The minimum Gasteiger partial charge on any atom is -0.294 e. The second-order valence-electron chi connectivity index (χ2n) is 5.92. The van der Waals surface area contributed by atoms with Crippen molar-refractivity contribution < 1.29 is 13.2 Å². The number of nitrogens with one attached hydrogen (secondary N) is 1. The minimum absolute atomic E-state index is 0.145. The smallest absolute Gasteiger partial charge is 0.229 e. The molecular formula is C16H23NO3S. The molecule has 0 spiro atoms. The van der Waals surface area contributed by atoms with Crippen LogP contribution in [0.4, 0.5) is 5.69 Å². The Morgan fingerprint density at radius 1 is 1.14 bits per heavy atom.